The van der Waals surface area contributed by atoms with E-state index < -0.39 is 0 Å². The van der Waals surface area contributed by atoms with Crippen LogP contribution in [0.2, 0.25) is 0 Å². The monoisotopic (exact) mass is 143 g/mol. The van der Waals surface area contributed by atoms with Gasteiger partial charge in [0, 0.05) is 6.04 Å². The molecular weight excluding hydrogens is 126 g/mol. The highest BCUT2D eigenvalue weighted by atomic mass is 16.5. The first-order chi connectivity index (χ1) is 4.33. The van der Waals surface area contributed by atoms with Gasteiger partial charge in [0.05, 0.1) is 11.2 Å². The Morgan fingerprint density at radius 2 is 1.80 bits per heavy atom. The van der Waals surface area contributed by atoms with Gasteiger partial charge in [-0.3, -0.25) is 0 Å². The largest absolute Gasteiger partial charge is 0.368 e. The van der Waals surface area contributed by atoms with E-state index in [1.165, 1.54) is 0 Å². The first kappa shape index (κ1) is 8.02. The minimum absolute atomic E-state index is 0.0249. The van der Waals surface area contributed by atoms with Crippen LogP contribution in [0.3, 0.4) is 0 Å². The molecule has 1 atom stereocenters. The van der Waals surface area contributed by atoms with Crippen molar-refractivity contribution in [2.24, 2.45) is 5.73 Å². The van der Waals surface area contributed by atoms with Crippen LogP contribution in [0.25, 0.3) is 0 Å². The molecule has 2 N–H and O–H groups in total. The fourth-order valence-electron chi connectivity index (χ4n) is 1.60. The van der Waals surface area contributed by atoms with E-state index in [0.717, 1.165) is 6.42 Å². The van der Waals surface area contributed by atoms with Crippen LogP contribution in [-0.4, -0.2) is 17.2 Å². The number of nitrogens with two attached hydrogens (primary N) is 1. The molecule has 0 radical (unpaired) electrons. The van der Waals surface area contributed by atoms with Crippen molar-refractivity contribution in [2.45, 2.75) is 51.4 Å². The maximum atomic E-state index is 5.86. The minimum atomic E-state index is -0.135. The summed E-state index contributed by atoms with van der Waals surface area (Å²) in [6.45, 7) is 8.27. The number of rotatable bonds is 0. The highest BCUT2D eigenvalue weighted by molar-refractivity contribution is 4.96. The third-order valence-electron chi connectivity index (χ3n) is 2.14. The van der Waals surface area contributed by atoms with Crippen LogP contribution >= 0.6 is 0 Å². The Morgan fingerprint density at radius 1 is 1.30 bits per heavy atom. The third kappa shape index (κ3) is 1.32. The van der Waals surface area contributed by atoms with E-state index >= 15 is 0 Å². The van der Waals surface area contributed by atoms with Crippen molar-refractivity contribution >= 4 is 0 Å². The standard InChI is InChI=1S/C8H17NO/c1-7(2)5-6(9)8(3,4)10-7/h6H,5,9H2,1-4H3. The fraction of sp³-hybridized carbons (Fsp3) is 1.00. The fourth-order valence-corrected chi connectivity index (χ4v) is 1.60. The van der Waals surface area contributed by atoms with Gasteiger partial charge in [0.1, 0.15) is 0 Å². The van der Waals surface area contributed by atoms with Gasteiger partial charge in [0.2, 0.25) is 0 Å². The SMILES string of the molecule is CC1(C)CC(N)C(C)(C)O1. The molecule has 1 aliphatic heterocycles. The Bertz CT molecular complexity index is 140. The lowest BCUT2D eigenvalue weighted by atomic mass is 9.96. The summed E-state index contributed by atoms with van der Waals surface area (Å²) in [5.41, 5.74) is 5.70. The highest BCUT2D eigenvalue weighted by Crippen LogP contribution is 2.35. The van der Waals surface area contributed by atoms with E-state index in [1.54, 1.807) is 0 Å². The number of hydrogen-bond donors (Lipinski definition) is 1. The summed E-state index contributed by atoms with van der Waals surface area (Å²) in [6.07, 6.45) is 0.958. The Kier molecular flexibility index (Phi) is 1.57. The molecule has 0 amide bonds. The average Bonchev–Trinajstić information content (AvgIpc) is 1.73. The minimum Gasteiger partial charge on any atom is -0.368 e. The second-order valence-corrected chi connectivity index (χ2v) is 4.28. The van der Waals surface area contributed by atoms with Crippen LogP contribution in [0, 0.1) is 0 Å². The first-order valence-electron chi connectivity index (χ1n) is 3.79. The lowest BCUT2D eigenvalue weighted by Gasteiger charge is -2.25. The van der Waals surface area contributed by atoms with E-state index in [-0.39, 0.29) is 17.2 Å². The van der Waals surface area contributed by atoms with Crippen LogP contribution in [0.4, 0.5) is 0 Å². The summed E-state index contributed by atoms with van der Waals surface area (Å²) >= 11 is 0. The van der Waals surface area contributed by atoms with Gasteiger partial charge in [0.25, 0.3) is 0 Å². The molecule has 0 spiro atoms. The molecule has 1 unspecified atom stereocenters. The molecule has 0 aromatic carbocycles. The molecule has 0 aliphatic carbocycles. The molecule has 2 nitrogen and oxygen atoms in total. The zero-order chi connectivity index (χ0) is 7.99. The second-order valence-electron chi connectivity index (χ2n) is 4.28. The average molecular weight is 143 g/mol. The quantitative estimate of drug-likeness (QED) is 0.554. The van der Waals surface area contributed by atoms with Crippen molar-refractivity contribution in [3.63, 3.8) is 0 Å². The third-order valence-corrected chi connectivity index (χ3v) is 2.14. The molecule has 0 saturated carbocycles. The Morgan fingerprint density at radius 3 is 1.90 bits per heavy atom. The Balaban J connectivity index is 2.71. The zero-order valence-corrected chi connectivity index (χ0v) is 7.27. The maximum Gasteiger partial charge on any atom is 0.0785 e. The Labute approximate surface area is 62.7 Å². The van der Waals surface area contributed by atoms with Gasteiger partial charge >= 0.3 is 0 Å². The molecule has 10 heavy (non-hydrogen) atoms. The van der Waals surface area contributed by atoms with Gasteiger partial charge in [-0.1, -0.05) is 0 Å². The van der Waals surface area contributed by atoms with Crippen LogP contribution in [-0.2, 0) is 4.74 Å². The van der Waals surface area contributed by atoms with E-state index in [9.17, 15) is 0 Å². The predicted octanol–water partition coefficient (Wildman–Crippen LogP) is 1.29. The Hall–Kier alpha value is -0.0800. The van der Waals surface area contributed by atoms with Crippen molar-refractivity contribution in [1.29, 1.82) is 0 Å². The van der Waals surface area contributed by atoms with Crippen LogP contribution in [0.5, 0.6) is 0 Å². The summed E-state index contributed by atoms with van der Waals surface area (Å²) in [6, 6.07) is 0.183. The van der Waals surface area contributed by atoms with Gasteiger partial charge < -0.3 is 10.5 Å². The summed E-state index contributed by atoms with van der Waals surface area (Å²) in [7, 11) is 0. The molecule has 1 fully saturated rings. The maximum absolute atomic E-state index is 5.86. The van der Waals surface area contributed by atoms with E-state index in [1.807, 2.05) is 13.8 Å². The highest BCUT2D eigenvalue weighted by Gasteiger charge is 2.43. The second kappa shape index (κ2) is 1.95. The lowest BCUT2D eigenvalue weighted by Crippen LogP contribution is -2.38. The first-order valence-corrected chi connectivity index (χ1v) is 3.79. The van der Waals surface area contributed by atoms with Crippen molar-refractivity contribution < 1.29 is 4.74 Å². The van der Waals surface area contributed by atoms with Gasteiger partial charge in [-0.05, 0) is 34.1 Å². The molecule has 1 rings (SSSR count). The molecule has 0 aromatic heterocycles. The zero-order valence-electron chi connectivity index (χ0n) is 7.27. The predicted molar refractivity (Wildman–Crippen MR) is 41.8 cm³/mol. The summed E-state index contributed by atoms with van der Waals surface area (Å²) in [5.74, 6) is 0. The molecule has 0 bridgehead atoms. The van der Waals surface area contributed by atoms with Gasteiger partial charge in [-0.25, -0.2) is 0 Å². The van der Waals surface area contributed by atoms with Crippen molar-refractivity contribution in [2.75, 3.05) is 0 Å². The smallest absolute Gasteiger partial charge is 0.0785 e. The summed E-state index contributed by atoms with van der Waals surface area (Å²) in [4.78, 5) is 0. The normalized spacial score (nSPS) is 36.3. The van der Waals surface area contributed by atoms with E-state index in [4.69, 9.17) is 10.5 Å². The van der Waals surface area contributed by atoms with Gasteiger partial charge in [-0.15, -0.1) is 0 Å². The van der Waals surface area contributed by atoms with Gasteiger partial charge in [0.15, 0.2) is 0 Å². The summed E-state index contributed by atoms with van der Waals surface area (Å²) in [5, 5.41) is 0. The molecule has 2 heteroatoms. The van der Waals surface area contributed by atoms with Crippen molar-refractivity contribution in [3.8, 4) is 0 Å². The van der Waals surface area contributed by atoms with E-state index in [0.29, 0.717) is 0 Å². The summed E-state index contributed by atoms with van der Waals surface area (Å²) < 4.78 is 5.72. The van der Waals surface area contributed by atoms with E-state index in [2.05, 4.69) is 13.8 Å². The molecule has 60 valence electrons. The number of ether oxygens (including phenoxy) is 1. The molecule has 1 heterocycles. The topological polar surface area (TPSA) is 35.2 Å². The number of hydrogen-bond acceptors (Lipinski definition) is 2. The molecule has 0 aromatic rings. The van der Waals surface area contributed by atoms with Crippen molar-refractivity contribution in [1.82, 2.24) is 0 Å². The van der Waals surface area contributed by atoms with Crippen LogP contribution < -0.4 is 5.73 Å². The van der Waals surface area contributed by atoms with Crippen LogP contribution in [0.1, 0.15) is 34.1 Å². The molecule has 1 saturated heterocycles. The van der Waals surface area contributed by atoms with Crippen LogP contribution in [0.15, 0.2) is 0 Å². The van der Waals surface area contributed by atoms with Crippen molar-refractivity contribution in [3.05, 3.63) is 0 Å². The molecular formula is C8H17NO. The van der Waals surface area contributed by atoms with Gasteiger partial charge in [-0.2, -0.15) is 0 Å². The lowest BCUT2D eigenvalue weighted by molar-refractivity contribution is -0.0674. The molecule has 1 aliphatic rings.